The second-order valence-corrected chi connectivity index (χ2v) is 3.93. The zero-order valence-electron chi connectivity index (χ0n) is 7.50. The molecule has 0 saturated heterocycles. The van der Waals surface area contributed by atoms with Gasteiger partial charge in [-0.15, -0.1) is 0 Å². The molecule has 1 fully saturated rings. The SMILES string of the molecule is Cn1ccc(C2(C)CC2)cc1=O. The third-order valence-corrected chi connectivity index (χ3v) is 2.80. The smallest absolute Gasteiger partial charge is 0.250 e. The number of rotatable bonds is 1. The number of aryl methyl sites for hydroxylation is 1. The zero-order chi connectivity index (χ0) is 8.77. The summed E-state index contributed by atoms with van der Waals surface area (Å²) in [7, 11) is 1.78. The Morgan fingerprint density at radius 2 is 2.17 bits per heavy atom. The molecule has 1 saturated carbocycles. The van der Waals surface area contributed by atoms with Crippen molar-refractivity contribution in [2.24, 2.45) is 7.05 Å². The first kappa shape index (κ1) is 7.59. The molecule has 0 radical (unpaired) electrons. The van der Waals surface area contributed by atoms with Crippen molar-refractivity contribution >= 4 is 0 Å². The van der Waals surface area contributed by atoms with Crippen LogP contribution in [0.2, 0.25) is 0 Å². The summed E-state index contributed by atoms with van der Waals surface area (Å²) in [4.78, 5) is 11.3. The van der Waals surface area contributed by atoms with E-state index >= 15 is 0 Å². The Morgan fingerprint density at radius 3 is 2.67 bits per heavy atom. The standard InChI is InChI=1S/C10H13NO/c1-10(4-5-10)8-3-6-11(2)9(12)7-8/h3,6-7H,4-5H2,1-2H3. The van der Waals surface area contributed by atoms with Gasteiger partial charge in [-0.1, -0.05) is 6.92 Å². The molecule has 0 N–H and O–H groups in total. The number of hydrogen-bond acceptors (Lipinski definition) is 1. The summed E-state index contributed by atoms with van der Waals surface area (Å²) in [5, 5.41) is 0. The summed E-state index contributed by atoms with van der Waals surface area (Å²) in [6.45, 7) is 2.21. The van der Waals surface area contributed by atoms with Crippen LogP contribution in [0.1, 0.15) is 25.3 Å². The number of hydrogen-bond donors (Lipinski definition) is 0. The fraction of sp³-hybridized carbons (Fsp3) is 0.500. The molecule has 2 nitrogen and oxygen atoms in total. The molecule has 0 amide bonds. The highest BCUT2D eigenvalue weighted by atomic mass is 16.1. The van der Waals surface area contributed by atoms with E-state index in [1.54, 1.807) is 17.7 Å². The monoisotopic (exact) mass is 163 g/mol. The highest BCUT2D eigenvalue weighted by Gasteiger charge is 2.39. The zero-order valence-corrected chi connectivity index (χ0v) is 7.50. The molecule has 0 aliphatic heterocycles. The van der Waals surface area contributed by atoms with E-state index in [-0.39, 0.29) is 5.56 Å². The average molecular weight is 163 g/mol. The van der Waals surface area contributed by atoms with E-state index in [4.69, 9.17) is 0 Å². The van der Waals surface area contributed by atoms with E-state index in [0.29, 0.717) is 5.41 Å². The van der Waals surface area contributed by atoms with E-state index < -0.39 is 0 Å². The Labute approximate surface area is 71.8 Å². The summed E-state index contributed by atoms with van der Waals surface area (Å²) < 4.78 is 1.61. The van der Waals surface area contributed by atoms with Gasteiger partial charge in [0.15, 0.2) is 0 Å². The minimum atomic E-state index is 0.0978. The lowest BCUT2D eigenvalue weighted by Crippen LogP contribution is -2.17. The topological polar surface area (TPSA) is 22.0 Å². The van der Waals surface area contributed by atoms with Crippen LogP contribution in [0.5, 0.6) is 0 Å². The third kappa shape index (κ3) is 1.07. The molecule has 0 spiro atoms. The molecule has 1 heterocycles. The Balaban J connectivity index is 2.48. The Kier molecular flexibility index (Phi) is 1.40. The maximum absolute atomic E-state index is 11.3. The van der Waals surface area contributed by atoms with Crippen LogP contribution in [-0.4, -0.2) is 4.57 Å². The lowest BCUT2D eigenvalue weighted by molar-refractivity contribution is 0.764. The fourth-order valence-electron chi connectivity index (χ4n) is 1.40. The van der Waals surface area contributed by atoms with Gasteiger partial charge in [0.25, 0.3) is 5.56 Å². The molecule has 0 unspecified atom stereocenters. The minimum absolute atomic E-state index is 0.0978. The summed E-state index contributed by atoms with van der Waals surface area (Å²) in [6.07, 6.45) is 4.29. The molecule has 0 bridgehead atoms. The third-order valence-electron chi connectivity index (χ3n) is 2.80. The van der Waals surface area contributed by atoms with Crippen molar-refractivity contribution < 1.29 is 0 Å². The van der Waals surface area contributed by atoms with E-state index in [9.17, 15) is 4.79 Å². The van der Waals surface area contributed by atoms with Gasteiger partial charge >= 0.3 is 0 Å². The minimum Gasteiger partial charge on any atom is -0.319 e. The van der Waals surface area contributed by atoms with Gasteiger partial charge in [0.2, 0.25) is 0 Å². The molecule has 1 aliphatic rings. The first-order valence-corrected chi connectivity index (χ1v) is 4.29. The maximum atomic E-state index is 11.3. The number of nitrogens with zero attached hydrogens (tertiary/aromatic N) is 1. The van der Waals surface area contributed by atoms with Gasteiger partial charge in [-0.3, -0.25) is 4.79 Å². The van der Waals surface area contributed by atoms with Crippen LogP contribution in [0.3, 0.4) is 0 Å². The number of pyridine rings is 1. The van der Waals surface area contributed by atoms with Gasteiger partial charge in [-0.2, -0.15) is 0 Å². The summed E-state index contributed by atoms with van der Waals surface area (Å²) in [6, 6.07) is 3.81. The second-order valence-electron chi connectivity index (χ2n) is 3.93. The average Bonchev–Trinajstić information content (AvgIpc) is 2.75. The molecule has 1 aromatic heterocycles. The van der Waals surface area contributed by atoms with Crippen molar-refractivity contribution in [3.05, 3.63) is 34.2 Å². The van der Waals surface area contributed by atoms with Crippen LogP contribution in [0, 0.1) is 0 Å². The van der Waals surface area contributed by atoms with Crippen molar-refractivity contribution in [3.8, 4) is 0 Å². The molecular weight excluding hydrogens is 150 g/mol. The Hall–Kier alpha value is -1.05. The molecule has 0 aromatic carbocycles. The molecule has 0 atom stereocenters. The van der Waals surface area contributed by atoms with Crippen molar-refractivity contribution in [3.63, 3.8) is 0 Å². The van der Waals surface area contributed by atoms with Crippen molar-refractivity contribution in [2.75, 3.05) is 0 Å². The first-order valence-electron chi connectivity index (χ1n) is 4.29. The lowest BCUT2D eigenvalue weighted by Gasteiger charge is -2.07. The quantitative estimate of drug-likeness (QED) is 0.614. The molecule has 2 heteroatoms. The van der Waals surface area contributed by atoms with E-state index in [2.05, 4.69) is 13.0 Å². The van der Waals surface area contributed by atoms with Crippen molar-refractivity contribution in [1.82, 2.24) is 4.57 Å². The van der Waals surface area contributed by atoms with E-state index in [0.717, 1.165) is 0 Å². The normalized spacial score (nSPS) is 19.2. The van der Waals surface area contributed by atoms with Gasteiger partial charge in [0.1, 0.15) is 0 Å². The Morgan fingerprint density at radius 1 is 1.50 bits per heavy atom. The maximum Gasteiger partial charge on any atom is 0.250 e. The second kappa shape index (κ2) is 2.22. The fourth-order valence-corrected chi connectivity index (χ4v) is 1.40. The number of aromatic nitrogens is 1. The van der Waals surface area contributed by atoms with Crippen LogP contribution in [0.15, 0.2) is 23.1 Å². The van der Waals surface area contributed by atoms with Crippen LogP contribution in [-0.2, 0) is 12.5 Å². The highest BCUT2D eigenvalue weighted by Crippen LogP contribution is 2.46. The van der Waals surface area contributed by atoms with Gasteiger partial charge in [0.05, 0.1) is 0 Å². The Bertz CT molecular complexity index is 360. The molecule has 2 rings (SSSR count). The first-order chi connectivity index (χ1) is 5.62. The summed E-state index contributed by atoms with van der Waals surface area (Å²) in [5.74, 6) is 0. The molecule has 64 valence electrons. The highest BCUT2D eigenvalue weighted by molar-refractivity contribution is 5.27. The predicted molar refractivity (Wildman–Crippen MR) is 48.3 cm³/mol. The van der Waals surface area contributed by atoms with Gasteiger partial charge < -0.3 is 4.57 Å². The van der Waals surface area contributed by atoms with Crippen molar-refractivity contribution in [1.29, 1.82) is 0 Å². The van der Waals surface area contributed by atoms with Gasteiger partial charge in [0, 0.05) is 19.3 Å². The van der Waals surface area contributed by atoms with Gasteiger partial charge in [-0.25, -0.2) is 0 Å². The predicted octanol–water partition coefficient (Wildman–Crippen LogP) is 1.44. The van der Waals surface area contributed by atoms with E-state index in [1.165, 1.54) is 18.4 Å². The largest absolute Gasteiger partial charge is 0.319 e. The lowest BCUT2D eigenvalue weighted by atomic mass is 10.0. The molecule has 1 aromatic rings. The van der Waals surface area contributed by atoms with Crippen LogP contribution < -0.4 is 5.56 Å². The van der Waals surface area contributed by atoms with Crippen LogP contribution in [0.25, 0.3) is 0 Å². The van der Waals surface area contributed by atoms with Crippen LogP contribution >= 0.6 is 0 Å². The molecule has 1 aliphatic carbocycles. The van der Waals surface area contributed by atoms with Gasteiger partial charge in [-0.05, 0) is 29.9 Å². The molecule has 12 heavy (non-hydrogen) atoms. The van der Waals surface area contributed by atoms with Crippen molar-refractivity contribution in [2.45, 2.75) is 25.2 Å². The van der Waals surface area contributed by atoms with Crippen LogP contribution in [0.4, 0.5) is 0 Å². The summed E-state index contributed by atoms with van der Waals surface area (Å²) >= 11 is 0. The molecular formula is C10H13NO. The van der Waals surface area contributed by atoms with E-state index in [1.807, 2.05) is 6.20 Å². The summed E-state index contributed by atoms with van der Waals surface area (Å²) in [5.41, 5.74) is 1.61.